The van der Waals surface area contributed by atoms with Crippen LogP contribution in [0, 0.1) is 20.8 Å². The summed E-state index contributed by atoms with van der Waals surface area (Å²) in [5.41, 5.74) is 1.92. The fourth-order valence-corrected chi connectivity index (χ4v) is 2.41. The van der Waals surface area contributed by atoms with Crippen molar-refractivity contribution < 1.29 is 9.32 Å². The van der Waals surface area contributed by atoms with E-state index in [1.54, 1.807) is 26.0 Å². The van der Waals surface area contributed by atoms with Crippen LogP contribution in [0.5, 0.6) is 0 Å². The second kappa shape index (κ2) is 6.90. The van der Waals surface area contributed by atoms with Gasteiger partial charge in [-0.15, -0.1) is 0 Å². The average Bonchev–Trinajstić information content (AvgIpc) is 2.96. The van der Waals surface area contributed by atoms with E-state index in [1.165, 1.54) is 0 Å². The molecule has 2 heterocycles. The van der Waals surface area contributed by atoms with E-state index in [4.69, 9.17) is 16.1 Å². The minimum absolute atomic E-state index is 0.218. The smallest absolute Gasteiger partial charge is 0.275 e. The monoisotopic (exact) mass is 357 g/mol. The van der Waals surface area contributed by atoms with Crippen LogP contribution in [-0.4, -0.2) is 21.0 Å². The van der Waals surface area contributed by atoms with Gasteiger partial charge in [0.2, 0.25) is 0 Å². The molecule has 7 nitrogen and oxygen atoms in total. The molecule has 0 unspecified atom stereocenters. The summed E-state index contributed by atoms with van der Waals surface area (Å²) in [6, 6.07) is 8.73. The molecule has 3 rings (SSSR count). The van der Waals surface area contributed by atoms with Gasteiger partial charge in [0.05, 0.1) is 0 Å². The molecule has 0 atom stereocenters. The lowest BCUT2D eigenvalue weighted by Gasteiger charge is -2.11. The number of amides is 1. The minimum Gasteiger partial charge on any atom is -0.360 e. The number of carbonyl (C=O) groups is 1. The van der Waals surface area contributed by atoms with Crippen molar-refractivity contribution in [2.45, 2.75) is 20.8 Å². The van der Waals surface area contributed by atoms with E-state index in [9.17, 15) is 4.79 Å². The fraction of sp³-hybridized carbons (Fsp3) is 0.176. The van der Waals surface area contributed by atoms with E-state index in [0.717, 1.165) is 11.3 Å². The third-order valence-corrected chi connectivity index (χ3v) is 3.88. The summed E-state index contributed by atoms with van der Waals surface area (Å²) in [7, 11) is 0. The zero-order valence-corrected chi connectivity index (χ0v) is 14.7. The number of hydrogen-bond acceptors (Lipinski definition) is 6. The second-order valence-corrected chi connectivity index (χ2v) is 5.91. The number of aromatic nitrogens is 3. The van der Waals surface area contributed by atoms with Crippen molar-refractivity contribution in [2.24, 2.45) is 0 Å². The van der Waals surface area contributed by atoms with Gasteiger partial charge in [-0.3, -0.25) is 4.79 Å². The van der Waals surface area contributed by atoms with Crippen LogP contribution in [0.25, 0.3) is 0 Å². The molecule has 25 heavy (non-hydrogen) atoms. The van der Waals surface area contributed by atoms with Crippen LogP contribution in [-0.2, 0) is 0 Å². The van der Waals surface area contributed by atoms with Crippen molar-refractivity contribution in [3.63, 3.8) is 0 Å². The number of hydrogen-bond donors (Lipinski definition) is 2. The maximum absolute atomic E-state index is 12.4. The summed E-state index contributed by atoms with van der Waals surface area (Å²) < 4.78 is 4.93. The number of aryl methyl sites for hydroxylation is 2. The number of benzene rings is 1. The van der Waals surface area contributed by atoms with E-state index in [0.29, 0.717) is 28.2 Å². The first kappa shape index (κ1) is 16.9. The predicted molar refractivity (Wildman–Crippen MR) is 95.4 cm³/mol. The SMILES string of the molecule is Cc1nc(Nc2cccc(Cl)c2C)cc(C(=O)Nc2cc(C)on2)n1. The maximum Gasteiger partial charge on any atom is 0.275 e. The highest BCUT2D eigenvalue weighted by Crippen LogP contribution is 2.25. The van der Waals surface area contributed by atoms with Gasteiger partial charge in [-0.1, -0.05) is 22.8 Å². The van der Waals surface area contributed by atoms with Gasteiger partial charge in [0.25, 0.3) is 5.91 Å². The Morgan fingerprint density at radius 1 is 1.12 bits per heavy atom. The lowest BCUT2D eigenvalue weighted by Crippen LogP contribution is -2.15. The molecular formula is C17H16ClN5O2. The van der Waals surface area contributed by atoms with E-state index >= 15 is 0 Å². The average molecular weight is 358 g/mol. The Hall–Kier alpha value is -2.93. The van der Waals surface area contributed by atoms with Crippen LogP contribution in [0.2, 0.25) is 5.02 Å². The molecule has 0 bridgehead atoms. The van der Waals surface area contributed by atoms with Crippen molar-refractivity contribution in [1.82, 2.24) is 15.1 Å². The molecule has 1 aromatic carbocycles. The molecule has 0 saturated heterocycles. The Morgan fingerprint density at radius 3 is 2.64 bits per heavy atom. The molecule has 0 saturated carbocycles. The van der Waals surface area contributed by atoms with Crippen LogP contribution in [0.4, 0.5) is 17.3 Å². The van der Waals surface area contributed by atoms with Gasteiger partial charge in [-0.05, 0) is 38.5 Å². The topological polar surface area (TPSA) is 92.9 Å². The highest BCUT2D eigenvalue weighted by molar-refractivity contribution is 6.31. The largest absolute Gasteiger partial charge is 0.360 e. The van der Waals surface area contributed by atoms with Gasteiger partial charge in [0, 0.05) is 22.8 Å². The summed E-state index contributed by atoms with van der Waals surface area (Å²) in [6.07, 6.45) is 0. The van der Waals surface area contributed by atoms with Crippen molar-refractivity contribution in [3.05, 3.63) is 58.2 Å². The van der Waals surface area contributed by atoms with Gasteiger partial charge in [-0.2, -0.15) is 0 Å². The lowest BCUT2D eigenvalue weighted by molar-refractivity contribution is 0.102. The number of rotatable bonds is 4. The molecule has 0 spiro atoms. The summed E-state index contributed by atoms with van der Waals surface area (Å²) >= 11 is 6.13. The van der Waals surface area contributed by atoms with Crippen LogP contribution in [0.1, 0.15) is 27.6 Å². The Kier molecular flexibility index (Phi) is 4.67. The first-order chi connectivity index (χ1) is 11.9. The maximum atomic E-state index is 12.4. The summed E-state index contributed by atoms with van der Waals surface area (Å²) in [5, 5.41) is 10.2. The lowest BCUT2D eigenvalue weighted by atomic mass is 10.2. The molecule has 0 radical (unpaired) electrons. The first-order valence-electron chi connectivity index (χ1n) is 7.55. The number of nitrogens with one attached hydrogen (secondary N) is 2. The molecule has 0 aliphatic heterocycles. The second-order valence-electron chi connectivity index (χ2n) is 5.50. The molecule has 0 aliphatic carbocycles. The van der Waals surface area contributed by atoms with Gasteiger partial charge in [-0.25, -0.2) is 9.97 Å². The van der Waals surface area contributed by atoms with E-state index < -0.39 is 5.91 Å². The standard InChI is InChI=1S/C17H16ClN5O2/c1-9-7-16(23-25-9)22-17(24)14-8-15(20-11(3)19-14)21-13-6-4-5-12(18)10(13)2/h4-8H,1-3H3,(H,19,20,21)(H,22,23,24). The Morgan fingerprint density at radius 2 is 1.92 bits per heavy atom. The molecule has 128 valence electrons. The van der Waals surface area contributed by atoms with Crippen LogP contribution >= 0.6 is 11.6 Å². The molecule has 8 heteroatoms. The molecule has 1 amide bonds. The molecule has 3 aromatic rings. The van der Waals surface area contributed by atoms with Crippen molar-refractivity contribution in [3.8, 4) is 0 Å². The third kappa shape index (κ3) is 3.95. The number of anilines is 3. The number of halogens is 1. The quantitative estimate of drug-likeness (QED) is 0.732. The third-order valence-electron chi connectivity index (χ3n) is 3.47. The molecular weight excluding hydrogens is 342 g/mol. The highest BCUT2D eigenvalue weighted by atomic mass is 35.5. The molecule has 0 fully saturated rings. The highest BCUT2D eigenvalue weighted by Gasteiger charge is 2.13. The number of carbonyl (C=O) groups excluding carboxylic acids is 1. The molecule has 2 N–H and O–H groups in total. The fourth-order valence-electron chi connectivity index (χ4n) is 2.23. The summed E-state index contributed by atoms with van der Waals surface area (Å²) in [5.74, 6) is 1.50. The normalized spacial score (nSPS) is 10.6. The first-order valence-corrected chi connectivity index (χ1v) is 7.92. The molecule has 2 aromatic heterocycles. The van der Waals surface area contributed by atoms with Gasteiger partial charge < -0.3 is 15.2 Å². The molecule has 0 aliphatic rings. The predicted octanol–water partition coefficient (Wildman–Crippen LogP) is 4.04. The minimum atomic E-state index is -0.398. The van der Waals surface area contributed by atoms with E-state index in [-0.39, 0.29) is 5.69 Å². The van der Waals surface area contributed by atoms with E-state index in [2.05, 4.69) is 25.8 Å². The van der Waals surface area contributed by atoms with Gasteiger partial charge in [0.1, 0.15) is 23.1 Å². The van der Waals surface area contributed by atoms with Crippen molar-refractivity contribution in [1.29, 1.82) is 0 Å². The van der Waals surface area contributed by atoms with Crippen molar-refractivity contribution in [2.75, 3.05) is 10.6 Å². The number of nitrogens with zero attached hydrogens (tertiary/aromatic N) is 3. The van der Waals surface area contributed by atoms with Crippen LogP contribution in [0.15, 0.2) is 34.9 Å². The van der Waals surface area contributed by atoms with E-state index in [1.807, 2.05) is 25.1 Å². The van der Waals surface area contributed by atoms with Crippen LogP contribution in [0.3, 0.4) is 0 Å². The van der Waals surface area contributed by atoms with Crippen LogP contribution < -0.4 is 10.6 Å². The summed E-state index contributed by atoms with van der Waals surface area (Å²) in [4.78, 5) is 20.9. The Bertz CT molecular complexity index is 939. The zero-order valence-electron chi connectivity index (χ0n) is 13.9. The zero-order chi connectivity index (χ0) is 18.0. The Labute approximate surface area is 149 Å². The van der Waals surface area contributed by atoms with Gasteiger partial charge >= 0.3 is 0 Å². The summed E-state index contributed by atoms with van der Waals surface area (Å²) in [6.45, 7) is 5.36. The van der Waals surface area contributed by atoms with Crippen molar-refractivity contribution >= 4 is 34.8 Å². The Balaban J connectivity index is 1.85. The van der Waals surface area contributed by atoms with Gasteiger partial charge in [0.15, 0.2) is 5.82 Å².